The standard InChI is InChI=1S/C19H21N3O3/c1-13-15-6-3-7-16(24-2)18(15)25-17(13)19(23)21-9-4-5-14(11-21)22-10-8-20-12-22/h3,6-8,10,12,14H,4-5,9,11H2,1-2H3/t14-/m1/s1. The highest BCUT2D eigenvalue weighted by Gasteiger charge is 2.29. The number of hydrogen-bond acceptors (Lipinski definition) is 4. The summed E-state index contributed by atoms with van der Waals surface area (Å²) < 4.78 is 13.4. The lowest BCUT2D eigenvalue weighted by Crippen LogP contribution is -2.40. The zero-order valence-electron chi connectivity index (χ0n) is 14.4. The Kier molecular flexibility index (Phi) is 3.95. The van der Waals surface area contributed by atoms with E-state index < -0.39 is 0 Å². The van der Waals surface area contributed by atoms with Crippen molar-refractivity contribution in [2.45, 2.75) is 25.8 Å². The van der Waals surface area contributed by atoms with Crippen molar-refractivity contribution in [1.29, 1.82) is 0 Å². The molecule has 1 saturated heterocycles. The van der Waals surface area contributed by atoms with E-state index in [4.69, 9.17) is 9.15 Å². The third-order valence-corrected chi connectivity index (χ3v) is 4.97. The van der Waals surface area contributed by atoms with Crippen LogP contribution in [0.5, 0.6) is 5.75 Å². The Labute approximate surface area is 146 Å². The monoisotopic (exact) mass is 339 g/mol. The van der Waals surface area contributed by atoms with Crippen LogP contribution in [-0.2, 0) is 0 Å². The van der Waals surface area contributed by atoms with Gasteiger partial charge in [-0.05, 0) is 25.8 Å². The molecule has 130 valence electrons. The summed E-state index contributed by atoms with van der Waals surface area (Å²) in [5.41, 5.74) is 1.50. The van der Waals surface area contributed by atoms with Gasteiger partial charge in [0.1, 0.15) is 0 Å². The van der Waals surface area contributed by atoms with E-state index in [0.29, 0.717) is 23.6 Å². The molecule has 0 N–H and O–H groups in total. The first-order valence-corrected chi connectivity index (χ1v) is 8.52. The van der Waals surface area contributed by atoms with Gasteiger partial charge in [-0.15, -0.1) is 0 Å². The molecular weight excluding hydrogens is 318 g/mol. The molecule has 1 atom stereocenters. The van der Waals surface area contributed by atoms with Crippen molar-refractivity contribution < 1.29 is 13.9 Å². The van der Waals surface area contributed by atoms with E-state index in [-0.39, 0.29) is 11.9 Å². The van der Waals surface area contributed by atoms with Crippen LogP contribution in [0.25, 0.3) is 11.0 Å². The molecule has 1 aromatic carbocycles. The number of furan rings is 1. The van der Waals surface area contributed by atoms with Gasteiger partial charge in [-0.1, -0.05) is 12.1 Å². The molecule has 1 aliphatic heterocycles. The summed E-state index contributed by atoms with van der Waals surface area (Å²) in [6.07, 6.45) is 7.56. The minimum Gasteiger partial charge on any atom is -0.493 e. The number of aryl methyl sites for hydroxylation is 1. The molecule has 25 heavy (non-hydrogen) atoms. The van der Waals surface area contributed by atoms with Crippen molar-refractivity contribution in [3.8, 4) is 5.75 Å². The third-order valence-electron chi connectivity index (χ3n) is 4.97. The largest absolute Gasteiger partial charge is 0.493 e. The number of carbonyl (C=O) groups excluding carboxylic acids is 1. The van der Waals surface area contributed by atoms with Gasteiger partial charge >= 0.3 is 0 Å². The van der Waals surface area contributed by atoms with Crippen molar-refractivity contribution in [2.24, 2.45) is 0 Å². The smallest absolute Gasteiger partial charge is 0.289 e. The van der Waals surface area contributed by atoms with Crippen LogP contribution >= 0.6 is 0 Å². The zero-order valence-corrected chi connectivity index (χ0v) is 14.4. The third kappa shape index (κ3) is 2.67. The van der Waals surface area contributed by atoms with Crippen molar-refractivity contribution in [3.05, 3.63) is 48.2 Å². The lowest BCUT2D eigenvalue weighted by Gasteiger charge is -2.33. The summed E-state index contributed by atoms with van der Waals surface area (Å²) in [5.74, 6) is 1.00. The fourth-order valence-electron chi connectivity index (χ4n) is 3.59. The number of piperidine rings is 1. The van der Waals surface area contributed by atoms with Gasteiger partial charge in [-0.25, -0.2) is 4.98 Å². The first-order chi connectivity index (χ1) is 12.2. The predicted molar refractivity (Wildman–Crippen MR) is 93.9 cm³/mol. The molecule has 1 amide bonds. The van der Waals surface area contributed by atoms with E-state index in [1.54, 1.807) is 13.3 Å². The molecule has 0 bridgehead atoms. The quantitative estimate of drug-likeness (QED) is 0.733. The minimum absolute atomic E-state index is 0.0550. The van der Waals surface area contributed by atoms with E-state index in [2.05, 4.69) is 9.55 Å². The number of amides is 1. The molecular formula is C19H21N3O3. The maximum absolute atomic E-state index is 13.1. The molecule has 2 aromatic heterocycles. The van der Waals surface area contributed by atoms with Crippen molar-refractivity contribution in [3.63, 3.8) is 0 Å². The first kappa shape index (κ1) is 15.7. The zero-order chi connectivity index (χ0) is 17.4. The molecule has 4 rings (SSSR count). The van der Waals surface area contributed by atoms with E-state index in [9.17, 15) is 4.79 Å². The minimum atomic E-state index is -0.0550. The molecule has 0 radical (unpaired) electrons. The number of ether oxygens (including phenoxy) is 1. The number of nitrogens with zero attached hydrogens (tertiary/aromatic N) is 3. The second kappa shape index (κ2) is 6.27. The molecule has 6 nitrogen and oxygen atoms in total. The molecule has 3 heterocycles. The Hall–Kier alpha value is -2.76. The Bertz CT molecular complexity index is 898. The molecule has 0 aliphatic carbocycles. The fourth-order valence-corrected chi connectivity index (χ4v) is 3.59. The van der Waals surface area contributed by atoms with E-state index in [0.717, 1.165) is 30.3 Å². The number of hydrogen-bond donors (Lipinski definition) is 0. The normalized spacial score (nSPS) is 17.8. The average Bonchev–Trinajstić information content (AvgIpc) is 3.30. The topological polar surface area (TPSA) is 60.5 Å². The molecule has 0 unspecified atom stereocenters. The van der Waals surface area contributed by atoms with Crippen LogP contribution in [0.1, 0.15) is 35.0 Å². The summed E-state index contributed by atoms with van der Waals surface area (Å²) in [7, 11) is 1.61. The first-order valence-electron chi connectivity index (χ1n) is 8.52. The van der Waals surface area contributed by atoms with Crippen LogP contribution in [0.4, 0.5) is 0 Å². The SMILES string of the molecule is COc1cccc2c(C)c(C(=O)N3CCC[C@@H](n4ccnc4)C3)oc12. The lowest BCUT2D eigenvalue weighted by atomic mass is 10.0. The number of likely N-dealkylation sites (tertiary alicyclic amines) is 1. The molecule has 0 spiro atoms. The summed E-state index contributed by atoms with van der Waals surface area (Å²) in [6, 6.07) is 5.97. The highest BCUT2D eigenvalue weighted by Crippen LogP contribution is 2.33. The average molecular weight is 339 g/mol. The Morgan fingerprint density at radius 3 is 3.04 bits per heavy atom. The van der Waals surface area contributed by atoms with Crippen LogP contribution in [-0.4, -0.2) is 40.6 Å². The van der Waals surface area contributed by atoms with Crippen LogP contribution in [0, 0.1) is 6.92 Å². The van der Waals surface area contributed by atoms with Gasteiger partial charge in [0, 0.05) is 36.4 Å². The number of rotatable bonds is 3. The maximum atomic E-state index is 13.1. The van der Waals surface area contributed by atoms with Crippen molar-refractivity contribution in [1.82, 2.24) is 14.5 Å². The number of imidazole rings is 1. The molecule has 1 aliphatic rings. The highest BCUT2D eigenvalue weighted by atomic mass is 16.5. The number of carbonyl (C=O) groups is 1. The predicted octanol–water partition coefficient (Wildman–Crippen LogP) is 3.42. The van der Waals surface area contributed by atoms with Gasteiger partial charge in [-0.2, -0.15) is 0 Å². The van der Waals surface area contributed by atoms with Crippen LogP contribution in [0.15, 0.2) is 41.3 Å². The van der Waals surface area contributed by atoms with Gasteiger partial charge in [-0.3, -0.25) is 4.79 Å². The Balaban J connectivity index is 1.64. The number of aromatic nitrogens is 2. The second-order valence-electron chi connectivity index (χ2n) is 6.45. The van der Waals surface area contributed by atoms with Gasteiger partial charge in [0.2, 0.25) is 0 Å². The summed E-state index contributed by atoms with van der Waals surface area (Å²) in [6.45, 7) is 3.34. The fraction of sp³-hybridized carbons (Fsp3) is 0.368. The van der Waals surface area contributed by atoms with E-state index in [1.165, 1.54) is 0 Å². The number of fused-ring (bicyclic) bond motifs is 1. The molecule has 1 fully saturated rings. The summed E-state index contributed by atoms with van der Waals surface area (Å²) >= 11 is 0. The summed E-state index contributed by atoms with van der Waals surface area (Å²) in [5, 5.41) is 0.922. The lowest BCUT2D eigenvalue weighted by molar-refractivity contribution is 0.0648. The van der Waals surface area contributed by atoms with Gasteiger partial charge in [0.15, 0.2) is 17.1 Å². The van der Waals surface area contributed by atoms with Crippen molar-refractivity contribution >= 4 is 16.9 Å². The number of para-hydroxylation sites is 1. The summed E-state index contributed by atoms with van der Waals surface area (Å²) in [4.78, 5) is 19.1. The maximum Gasteiger partial charge on any atom is 0.289 e. The van der Waals surface area contributed by atoms with Crippen LogP contribution in [0.3, 0.4) is 0 Å². The van der Waals surface area contributed by atoms with Gasteiger partial charge < -0.3 is 18.6 Å². The second-order valence-corrected chi connectivity index (χ2v) is 6.45. The van der Waals surface area contributed by atoms with E-state index in [1.807, 2.05) is 42.5 Å². The number of methoxy groups -OCH3 is 1. The van der Waals surface area contributed by atoms with Gasteiger partial charge in [0.05, 0.1) is 19.5 Å². The Morgan fingerprint density at radius 2 is 2.28 bits per heavy atom. The molecule has 6 heteroatoms. The van der Waals surface area contributed by atoms with Gasteiger partial charge in [0.25, 0.3) is 5.91 Å². The molecule has 0 saturated carbocycles. The van der Waals surface area contributed by atoms with E-state index >= 15 is 0 Å². The number of benzene rings is 1. The highest BCUT2D eigenvalue weighted by molar-refractivity contribution is 6.00. The van der Waals surface area contributed by atoms with Crippen molar-refractivity contribution in [2.75, 3.05) is 20.2 Å². The molecule has 3 aromatic rings. The van der Waals surface area contributed by atoms with Crippen LogP contribution < -0.4 is 4.74 Å². The Morgan fingerprint density at radius 1 is 1.40 bits per heavy atom. The van der Waals surface area contributed by atoms with Crippen LogP contribution in [0.2, 0.25) is 0 Å².